The molecule has 4 aromatic rings. The number of rotatable bonds is 4. The predicted molar refractivity (Wildman–Crippen MR) is 91.3 cm³/mol. The van der Waals surface area contributed by atoms with E-state index in [0.29, 0.717) is 28.2 Å². The molecule has 0 atom stereocenters. The van der Waals surface area contributed by atoms with Crippen LogP contribution in [0.25, 0.3) is 22.4 Å². The maximum absolute atomic E-state index is 13.2. The Balaban J connectivity index is 1.78. The second kappa shape index (κ2) is 6.20. The van der Waals surface area contributed by atoms with Gasteiger partial charge in [-0.1, -0.05) is 5.16 Å². The maximum Gasteiger partial charge on any atom is 0.263 e. The summed E-state index contributed by atoms with van der Waals surface area (Å²) in [5, 5.41) is 7.92. The molecule has 2 heterocycles. The van der Waals surface area contributed by atoms with Gasteiger partial charge in [-0.05, 0) is 48.5 Å². The highest BCUT2D eigenvalue weighted by atomic mass is 19.1. The first-order valence-electron chi connectivity index (χ1n) is 7.52. The molecule has 0 unspecified atom stereocenters. The van der Waals surface area contributed by atoms with Gasteiger partial charge >= 0.3 is 0 Å². The summed E-state index contributed by atoms with van der Waals surface area (Å²) in [5.74, 6) is 0.996. The van der Waals surface area contributed by atoms with Crippen molar-refractivity contribution in [2.24, 2.45) is 0 Å². The van der Waals surface area contributed by atoms with Crippen LogP contribution in [0.2, 0.25) is 0 Å². The van der Waals surface area contributed by atoms with E-state index in [9.17, 15) is 4.39 Å². The molecule has 2 aromatic heterocycles. The van der Waals surface area contributed by atoms with E-state index in [4.69, 9.17) is 9.26 Å². The minimum absolute atomic E-state index is 0.315. The molecule has 0 radical (unpaired) electrons. The van der Waals surface area contributed by atoms with Gasteiger partial charge in [0.15, 0.2) is 0 Å². The van der Waals surface area contributed by atoms with Gasteiger partial charge in [0, 0.05) is 11.3 Å². The topological polar surface area (TPSA) is 73.1 Å². The molecule has 2 aromatic carbocycles. The van der Waals surface area contributed by atoms with Gasteiger partial charge in [0.1, 0.15) is 34.8 Å². The average molecular weight is 336 g/mol. The fourth-order valence-corrected chi connectivity index (χ4v) is 2.50. The van der Waals surface area contributed by atoms with E-state index in [1.54, 1.807) is 19.2 Å². The summed E-state index contributed by atoms with van der Waals surface area (Å²) in [6, 6.07) is 13.4. The lowest BCUT2D eigenvalue weighted by atomic mass is 10.1. The molecule has 25 heavy (non-hydrogen) atoms. The summed E-state index contributed by atoms with van der Waals surface area (Å²) in [6.45, 7) is 0. The van der Waals surface area contributed by atoms with Gasteiger partial charge in [0.25, 0.3) is 5.71 Å². The first-order valence-corrected chi connectivity index (χ1v) is 7.52. The van der Waals surface area contributed by atoms with Crippen molar-refractivity contribution in [3.8, 4) is 17.0 Å². The molecule has 0 aliphatic carbocycles. The van der Waals surface area contributed by atoms with Crippen molar-refractivity contribution in [2.75, 3.05) is 12.4 Å². The van der Waals surface area contributed by atoms with Crippen LogP contribution in [-0.2, 0) is 0 Å². The summed E-state index contributed by atoms with van der Waals surface area (Å²) in [4.78, 5) is 8.39. The third-order valence-corrected chi connectivity index (χ3v) is 3.74. The zero-order valence-electron chi connectivity index (χ0n) is 13.2. The number of benzene rings is 2. The van der Waals surface area contributed by atoms with Gasteiger partial charge in [0.05, 0.1) is 7.11 Å². The minimum atomic E-state index is -0.315. The van der Waals surface area contributed by atoms with Crippen LogP contribution in [0.5, 0.6) is 5.75 Å². The van der Waals surface area contributed by atoms with Crippen molar-refractivity contribution in [2.45, 2.75) is 0 Å². The van der Waals surface area contributed by atoms with Crippen LogP contribution in [0.15, 0.2) is 59.4 Å². The third kappa shape index (κ3) is 2.87. The molecule has 0 saturated carbocycles. The summed E-state index contributed by atoms with van der Waals surface area (Å²) in [7, 11) is 1.61. The van der Waals surface area contributed by atoms with E-state index in [2.05, 4.69) is 20.4 Å². The Hall–Kier alpha value is -3.48. The fraction of sp³-hybridized carbons (Fsp3) is 0.0556. The Morgan fingerprint density at radius 2 is 1.76 bits per heavy atom. The minimum Gasteiger partial charge on any atom is -0.497 e. The first kappa shape index (κ1) is 15.1. The van der Waals surface area contributed by atoms with Crippen molar-refractivity contribution in [3.63, 3.8) is 0 Å². The molecule has 6 nitrogen and oxygen atoms in total. The van der Waals surface area contributed by atoms with Gasteiger partial charge in [-0.2, -0.15) is 4.98 Å². The molecule has 0 amide bonds. The molecule has 0 spiro atoms. The Kier molecular flexibility index (Phi) is 3.74. The average Bonchev–Trinajstić information content (AvgIpc) is 3.08. The number of methoxy groups -OCH3 is 1. The van der Waals surface area contributed by atoms with Crippen LogP contribution in [0.1, 0.15) is 0 Å². The Morgan fingerprint density at radius 1 is 1.00 bits per heavy atom. The number of nitrogens with zero attached hydrogens (tertiary/aromatic N) is 3. The van der Waals surface area contributed by atoms with Crippen LogP contribution >= 0.6 is 0 Å². The van der Waals surface area contributed by atoms with Crippen LogP contribution in [0.4, 0.5) is 15.9 Å². The highest BCUT2D eigenvalue weighted by molar-refractivity contribution is 5.98. The Morgan fingerprint density at radius 3 is 2.48 bits per heavy atom. The number of nitrogens with one attached hydrogen (secondary N) is 1. The van der Waals surface area contributed by atoms with Gasteiger partial charge in [-0.25, -0.2) is 9.37 Å². The second-order valence-corrected chi connectivity index (χ2v) is 5.29. The lowest BCUT2D eigenvalue weighted by Crippen LogP contribution is -1.96. The van der Waals surface area contributed by atoms with E-state index >= 15 is 0 Å². The zero-order chi connectivity index (χ0) is 17.2. The molecule has 4 rings (SSSR count). The van der Waals surface area contributed by atoms with E-state index in [1.807, 2.05) is 24.3 Å². The number of ether oxygens (including phenoxy) is 1. The molecule has 0 bridgehead atoms. The molecule has 0 saturated heterocycles. The fourth-order valence-electron chi connectivity index (χ4n) is 2.50. The second-order valence-electron chi connectivity index (χ2n) is 5.29. The molecular formula is C18H13FN4O2. The normalized spacial score (nSPS) is 10.8. The quantitative estimate of drug-likeness (QED) is 0.603. The van der Waals surface area contributed by atoms with Crippen molar-refractivity contribution in [1.82, 2.24) is 15.1 Å². The van der Waals surface area contributed by atoms with Crippen LogP contribution < -0.4 is 10.1 Å². The predicted octanol–water partition coefficient (Wildman–Crippen LogP) is 4.18. The third-order valence-electron chi connectivity index (χ3n) is 3.74. The summed E-state index contributed by atoms with van der Waals surface area (Å²) < 4.78 is 23.6. The number of aromatic nitrogens is 3. The monoisotopic (exact) mass is 336 g/mol. The molecule has 0 aliphatic rings. The molecule has 124 valence electrons. The zero-order valence-corrected chi connectivity index (χ0v) is 13.2. The van der Waals surface area contributed by atoms with E-state index in [-0.39, 0.29) is 5.82 Å². The molecular weight excluding hydrogens is 323 g/mol. The highest BCUT2D eigenvalue weighted by Gasteiger charge is 2.17. The van der Waals surface area contributed by atoms with Crippen LogP contribution in [-0.4, -0.2) is 22.2 Å². The van der Waals surface area contributed by atoms with Crippen LogP contribution in [0.3, 0.4) is 0 Å². The van der Waals surface area contributed by atoms with Gasteiger partial charge in [0.2, 0.25) is 0 Å². The molecule has 0 fully saturated rings. The van der Waals surface area contributed by atoms with Gasteiger partial charge in [-0.3, -0.25) is 0 Å². The molecule has 7 heteroatoms. The number of fused-ring (bicyclic) bond motifs is 1. The maximum atomic E-state index is 13.2. The van der Waals surface area contributed by atoms with Gasteiger partial charge in [-0.15, -0.1) is 0 Å². The lowest BCUT2D eigenvalue weighted by Gasteiger charge is -2.07. The smallest absolute Gasteiger partial charge is 0.263 e. The number of hydrogen-bond acceptors (Lipinski definition) is 6. The standard InChI is InChI=1S/C18H13FN4O2/c1-24-14-8-6-13(7-9-14)22-17-15-16(11-2-4-12(19)5-3-11)23-25-18(15)21-10-20-17/h2-10H,1H3,(H,20,21,22). The van der Waals surface area contributed by atoms with Crippen molar-refractivity contribution < 1.29 is 13.7 Å². The number of anilines is 2. The largest absolute Gasteiger partial charge is 0.497 e. The van der Waals surface area contributed by atoms with Gasteiger partial charge < -0.3 is 14.6 Å². The van der Waals surface area contributed by atoms with E-state index in [1.165, 1.54) is 18.5 Å². The van der Waals surface area contributed by atoms with Crippen LogP contribution in [0, 0.1) is 5.82 Å². The van der Waals surface area contributed by atoms with Crippen molar-refractivity contribution >= 4 is 22.6 Å². The number of halogens is 1. The SMILES string of the molecule is COc1ccc(Nc2ncnc3onc(-c4ccc(F)cc4)c23)cc1. The Labute approximate surface area is 142 Å². The van der Waals surface area contributed by atoms with Crippen molar-refractivity contribution in [1.29, 1.82) is 0 Å². The summed E-state index contributed by atoms with van der Waals surface area (Å²) in [6.07, 6.45) is 1.40. The van der Waals surface area contributed by atoms with E-state index < -0.39 is 0 Å². The molecule has 0 aliphatic heterocycles. The highest BCUT2D eigenvalue weighted by Crippen LogP contribution is 2.32. The lowest BCUT2D eigenvalue weighted by molar-refractivity contribution is 0.415. The van der Waals surface area contributed by atoms with E-state index in [0.717, 1.165) is 11.4 Å². The summed E-state index contributed by atoms with van der Waals surface area (Å²) in [5.41, 5.74) is 2.44. The first-order chi connectivity index (χ1) is 12.2. The summed E-state index contributed by atoms with van der Waals surface area (Å²) >= 11 is 0. The van der Waals surface area contributed by atoms with Crippen molar-refractivity contribution in [3.05, 3.63) is 60.7 Å². The molecule has 1 N–H and O–H groups in total. The number of hydrogen-bond donors (Lipinski definition) is 1. The Bertz CT molecular complexity index is 1010.